The fourth-order valence-electron chi connectivity index (χ4n) is 2.95. The van der Waals surface area contributed by atoms with Gasteiger partial charge in [-0.3, -0.25) is 9.59 Å². The van der Waals surface area contributed by atoms with Crippen LogP contribution < -0.4 is 11.1 Å². The molecule has 1 heterocycles. The number of carbonyl (C=O) groups is 2. The quantitative estimate of drug-likeness (QED) is 0.781. The highest BCUT2D eigenvalue weighted by atomic mass is 32.2. The predicted octanol–water partition coefficient (Wildman–Crippen LogP) is 1.37. The zero-order chi connectivity index (χ0) is 20.3. The maximum absolute atomic E-state index is 13.0. The van der Waals surface area contributed by atoms with E-state index in [0.29, 0.717) is 18.8 Å². The second-order valence-corrected chi connectivity index (χ2v) is 8.27. The number of benzene rings is 2. The largest absolute Gasteiger partial charge is 0.379 e. The molecule has 3 N–H and O–H groups in total. The number of carbonyl (C=O) groups excluding carboxylic acids is 2. The molecule has 0 aliphatic carbocycles. The molecule has 28 heavy (non-hydrogen) atoms. The summed E-state index contributed by atoms with van der Waals surface area (Å²) in [5.74, 6) is -1.21. The maximum atomic E-state index is 13.0. The van der Waals surface area contributed by atoms with E-state index in [4.69, 9.17) is 10.5 Å². The zero-order valence-corrected chi connectivity index (χ0v) is 16.2. The Balaban J connectivity index is 1.91. The number of rotatable bonds is 5. The molecule has 3 rings (SSSR count). The molecule has 1 aliphatic heterocycles. The van der Waals surface area contributed by atoms with Gasteiger partial charge in [-0.15, -0.1) is 0 Å². The lowest BCUT2D eigenvalue weighted by Crippen LogP contribution is -2.40. The van der Waals surface area contributed by atoms with Gasteiger partial charge in [0.25, 0.3) is 11.8 Å². The highest BCUT2D eigenvalue weighted by Crippen LogP contribution is 2.23. The summed E-state index contributed by atoms with van der Waals surface area (Å²) in [7, 11) is -3.74. The summed E-state index contributed by atoms with van der Waals surface area (Å²) in [5, 5.41) is 2.62. The van der Waals surface area contributed by atoms with Crippen molar-refractivity contribution < 1.29 is 22.7 Å². The van der Waals surface area contributed by atoms with Crippen molar-refractivity contribution in [1.82, 2.24) is 4.31 Å². The van der Waals surface area contributed by atoms with Crippen LogP contribution in [0.2, 0.25) is 0 Å². The Labute approximate surface area is 163 Å². The second kappa shape index (κ2) is 8.09. The van der Waals surface area contributed by atoms with Gasteiger partial charge < -0.3 is 15.8 Å². The lowest BCUT2D eigenvalue weighted by atomic mass is 10.1. The molecule has 0 aromatic heterocycles. The SMILES string of the molecule is Cc1ccc(C(=O)Nc2ccccc2C(N)=O)cc1S(=O)(=O)N1CCOCC1. The lowest BCUT2D eigenvalue weighted by molar-refractivity contribution is 0.0730. The molecule has 148 valence electrons. The highest BCUT2D eigenvalue weighted by molar-refractivity contribution is 7.89. The van der Waals surface area contributed by atoms with Gasteiger partial charge in [-0.2, -0.15) is 4.31 Å². The van der Waals surface area contributed by atoms with E-state index in [1.807, 2.05) is 0 Å². The van der Waals surface area contributed by atoms with Gasteiger partial charge in [0.15, 0.2) is 0 Å². The third-order valence-electron chi connectivity index (χ3n) is 4.48. The minimum Gasteiger partial charge on any atom is -0.379 e. The molecule has 0 radical (unpaired) electrons. The number of ether oxygens (including phenoxy) is 1. The van der Waals surface area contributed by atoms with E-state index >= 15 is 0 Å². The van der Waals surface area contributed by atoms with Crippen molar-refractivity contribution in [3.63, 3.8) is 0 Å². The van der Waals surface area contributed by atoms with Gasteiger partial charge in [-0.25, -0.2) is 8.42 Å². The molecule has 0 unspecified atom stereocenters. The first kappa shape index (κ1) is 20.0. The minimum atomic E-state index is -3.74. The molecular weight excluding hydrogens is 382 g/mol. The fourth-order valence-corrected chi connectivity index (χ4v) is 4.61. The second-order valence-electron chi connectivity index (χ2n) is 6.36. The summed E-state index contributed by atoms with van der Waals surface area (Å²) in [6.07, 6.45) is 0. The maximum Gasteiger partial charge on any atom is 0.255 e. The highest BCUT2D eigenvalue weighted by Gasteiger charge is 2.28. The minimum absolute atomic E-state index is 0.0743. The Morgan fingerprint density at radius 3 is 2.46 bits per heavy atom. The molecular formula is C19H21N3O5S. The average Bonchev–Trinajstić information content (AvgIpc) is 2.69. The number of morpholine rings is 1. The van der Waals surface area contributed by atoms with Crippen LogP contribution in [-0.2, 0) is 14.8 Å². The first-order valence-electron chi connectivity index (χ1n) is 8.69. The average molecular weight is 403 g/mol. The van der Waals surface area contributed by atoms with Crippen molar-refractivity contribution in [3.8, 4) is 0 Å². The number of para-hydroxylation sites is 1. The Hall–Kier alpha value is -2.75. The summed E-state index contributed by atoms with van der Waals surface area (Å²) in [5.41, 5.74) is 6.47. The Morgan fingerprint density at radius 2 is 1.79 bits per heavy atom. The van der Waals surface area contributed by atoms with Crippen LogP contribution in [0.25, 0.3) is 0 Å². The van der Waals surface area contributed by atoms with Crippen LogP contribution >= 0.6 is 0 Å². The molecule has 2 aromatic rings. The summed E-state index contributed by atoms with van der Waals surface area (Å²) in [4.78, 5) is 24.3. The Morgan fingerprint density at radius 1 is 1.11 bits per heavy atom. The van der Waals surface area contributed by atoms with Crippen molar-refractivity contribution in [3.05, 3.63) is 59.2 Å². The van der Waals surface area contributed by atoms with Crippen LogP contribution in [0.4, 0.5) is 5.69 Å². The number of hydrogen-bond acceptors (Lipinski definition) is 5. The molecule has 0 saturated carbocycles. The van der Waals surface area contributed by atoms with Gasteiger partial charge in [-0.1, -0.05) is 18.2 Å². The summed E-state index contributed by atoms with van der Waals surface area (Å²) < 4.78 is 32.5. The third-order valence-corrected chi connectivity index (χ3v) is 6.52. The van der Waals surface area contributed by atoms with Crippen LogP contribution in [0.15, 0.2) is 47.4 Å². The van der Waals surface area contributed by atoms with Crippen molar-refractivity contribution in [2.45, 2.75) is 11.8 Å². The van der Waals surface area contributed by atoms with Crippen molar-refractivity contribution in [2.24, 2.45) is 5.73 Å². The van der Waals surface area contributed by atoms with E-state index in [-0.39, 0.29) is 34.8 Å². The normalized spacial score (nSPS) is 15.2. The van der Waals surface area contributed by atoms with Gasteiger partial charge in [0.05, 0.1) is 29.4 Å². The van der Waals surface area contributed by atoms with Gasteiger partial charge in [0.2, 0.25) is 10.0 Å². The van der Waals surface area contributed by atoms with Crippen LogP contribution in [0, 0.1) is 6.92 Å². The number of nitrogens with one attached hydrogen (secondary N) is 1. The van der Waals surface area contributed by atoms with Gasteiger partial charge in [0, 0.05) is 18.7 Å². The number of sulfonamides is 1. The molecule has 1 aliphatic rings. The third kappa shape index (κ3) is 4.06. The number of aryl methyl sites for hydroxylation is 1. The molecule has 1 saturated heterocycles. The van der Waals surface area contributed by atoms with E-state index in [1.165, 1.54) is 22.5 Å². The van der Waals surface area contributed by atoms with E-state index in [1.54, 1.807) is 31.2 Å². The molecule has 9 heteroatoms. The predicted molar refractivity (Wildman–Crippen MR) is 104 cm³/mol. The first-order chi connectivity index (χ1) is 13.3. The monoisotopic (exact) mass is 403 g/mol. The summed E-state index contributed by atoms with van der Waals surface area (Å²) in [6.45, 7) is 2.89. The van der Waals surface area contributed by atoms with E-state index in [9.17, 15) is 18.0 Å². The smallest absolute Gasteiger partial charge is 0.255 e. The van der Waals surface area contributed by atoms with Crippen molar-refractivity contribution in [1.29, 1.82) is 0 Å². The molecule has 1 fully saturated rings. The van der Waals surface area contributed by atoms with Gasteiger partial charge >= 0.3 is 0 Å². The molecule has 0 spiro atoms. The summed E-state index contributed by atoms with van der Waals surface area (Å²) >= 11 is 0. The fraction of sp³-hybridized carbons (Fsp3) is 0.263. The van der Waals surface area contributed by atoms with Gasteiger partial charge in [0.1, 0.15) is 0 Å². The number of nitrogens with zero attached hydrogens (tertiary/aromatic N) is 1. The number of hydrogen-bond donors (Lipinski definition) is 2. The number of anilines is 1. The van der Waals surface area contributed by atoms with Gasteiger partial charge in [-0.05, 0) is 36.8 Å². The number of primary amides is 1. The first-order valence-corrected chi connectivity index (χ1v) is 10.1. The van der Waals surface area contributed by atoms with E-state index < -0.39 is 21.8 Å². The Kier molecular flexibility index (Phi) is 5.78. The van der Waals surface area contributed by atoms with Crippen molar-refractivity contribution in [2.75, 3.05) is 31.6 Å². The number of nitrogens with two attached hydrogens (primary N) is 1. The molecule has 8 nitrogen and oxygen atoms in total. The topological polar surface area (TPSA) is 119 Å². The zero-order valence-electron chi connectivity index (χ0n) is 15.3. The standard InChI is InChI=1S/C19H21N3O5S/c1-13-6-7-14(12-17(13)28(25,26)22-8-10-27-11-9-22)19(24)21-16-5-3-2-4-15(16)18(20)23/h2-7,12H,8-11H2,1H3,(H2,20,23)(H,21,24). The molecule has 2 amide bonds. The van der Waals surface area contributed by atoms with Crippen LogP contribution in [0.1, 0.15) is 26.3 Å². The van der Waals surface area contributed by atoms with E-state index in [2.05, 4.69) is 5.32 Å². The molecule has 0 atom stereocenters. The van der Waals surface area contributed by atoms with Crippen LogP contribution in [0.5, 0.6) is 0 Å². The molecule has 0 bridgehead atoms. The Bertz CT molecular complexity index is 1010. The van der Waals surface area contributed by atoms with Crippen molar-refractivity contribution >= 4 is 27.5 Å². The lowest BCUT2D eigenvalue weighted by Gasteiger charge is -2.26. The molecule has 2 aromatic carbocycles. The van der Waals surface area contributed by atoms with Crippen LogP contribution in [0.3, 0.4) is 0 Å². The summed E-state index contributed by atoms with van der Waals surface area (Å²) in [6, 6.07) is 10.8. The van der Waals surface area contributed by atoms with Crippen LogP contribution in [-0.4, -0.2) is 50.8 Å². The number of amides is 2. The van der Waals surface area contributed by atoms with E-state index in [0.717, 1.165) is 0 Å².